The summed E-state index contributed by atoms with van der Waals surface area (Å²) in [5, 5.41) is 0. The fourth-order valence-electron chi connectivity index (χ4n) is 5.26. The molecule has 2 aliphatic heterocycles. The molecule has 2 aliphatic rings. The summed E-state index contributed by atoms with van der Waals surface area (Å²) in [5.74, 6) is 1.31. The van der Waals surface area contributed by atoms with Crippen LogP contribution in [0, 0.1) is 11.8 Å². The molecule has 3 aromatic rings. The van der Waals surface area contributed by atoms with Gasteiger partial charge in [-0.3, -0.25) is 0 Å². The van der Waals surface area contributed by atoms with Crippen molar-refractivity contribution in [3.8, 4) is 22.6 Å². The second-order valence-electron chi connectivity index (χ2n) is 9.76. The summed E-state index contributed by atoms with van der Waals surface area (Å²) < 4.78 is 54.8. The smallest absolute Gasteiger partial charge is 0.479 e. The molecule has 3 aromatic carbocycles. The number of halogens is 3. The first-order chi connectivity index (χ1) is 17.9. The summed E-state index contributed by atoms with van der Waals surface area (Å²) >= 11 is 1.73. The molecule has 0 N–H and O–H groups in total. The Bertz CT molecular complexity index is 1170. The predicted octanol–water partition coefficient (Wildman–Crippen LogP) is 9.04. The Balaban J connectivity index is 1.39. The van der Waals surface area contributed by atoms with Crippen molar-refractivity contribution in [2.75, 3.05) is 6.61 Å². The predicted molar refractivity (Wildman–Crippen MR) is 140 cm³/mol. The van der Waals surface area contributed by atoms with Gasteiger partial charge in [0.25, 0.3) is 0 Å². The second kappa shape index (κ2) is 11.4. The molecule has 0 spiro atoms. The molecule has 5 rings (SSSR count). The van der Waals surface area contributed by atoms with E-state index in [-0.39, 0.29) is 23.2 Å². The van der Waals surface area contributed by atoms with Crippen LogP contribution in [0.3, 0.4) is 0 Å². The molecule has 1 saturated heterocycles. The van der Waals surface area contributed by atoms with Crippen LogP contribution in [0.5, 0.6) is 11.5 Å². The van der Waals surface area contributed by atoms with Gasteiger partial charge >= 0.3 is 6.36 Å². The molecule has 0 amide bonds. The number of rotatable bonds is 8. The van der Waals surface area contributed by atoms with Gasteiger partial charge in [-0.05, 0) is 60.2 Å². The Labute approximate surface area is 220 Å². The Morgan fingerprint density at radius 2 is 1.70 bits per heavy atom. The van der Waals surface area contributed by atoms with Crippen molar-refractivity contribution in [2.24, 2.45) is 11.8 Å². The number of fused-ring (bicyclic) bond motifs is 3. The quantitative estimate of drug-likeness (QED) is 0.273. The fourth-order valence-corrected chi connectivity index (χ4v) is 6.42. The van der Waals surface area contributed by atoms with Crippen molar-refractivity contribution in [1.29, 1.82) is 0 Å². The molecule has 196 valence electrons. The number of hydrogen-bond donors (Lipinski definition) is 0. The number of ether oxygens (including phenoxy) is 3. The monoisotopic (exact) mass is 528 g/mol. The molecule has 4 atom stereocenters. The first kappa shape index (κ1) is 26.0. The van der Waals surface area contributed by atoms with Gasteiger partial charge < -0.3 is 14.2 Å². The molecule has 0 aromatic heterocycles. The molecular formula is C30H31F3O3S. The minimum absolute atomic E-state index is 0.0380. The van der Waals surface area contributed by atoms with Gasteiger partial charge in [-0.1, -0.05) is 80.4 Å². The lowest BCUT2D eigenvalue weighted by molar-refractivity contribution is -0.274. The normalized spacial score (nSPS) is 23.0. The number of benzene rings is 3. The maximum atomic E-state index is 12.5. The largest absolute Gasteiger partial charge is 0.573 e. The van der Waals surface area contributed by atoms with Gasteiger partial charge in [-0.25, -0.2) is 0 Å². The lowest BCUT2D eigenvalue weighted by atomic mass is 9.81. The van der Waals surface area contributed by atoms with Crippen LogP contribution in [-0.2, 0) is 4.74 Å². The van der Waals surface area contributed by atoms with Gasteiger partial charge in [-0.15, -0.1) is 13.2 Å². The molecule has 3 nitrogen and oxygen atoms in total. The zero-order valence-corrected chi connectivity index (χ0v) is 21.6. The summed E-state index contributed by atoms with van der Waals surface area (Å²) in [4.78, 5) is 1.15. The van der Waals surface area contributed by atoms with Crippen LogP contribution in [0.1, 0.15) is 50.7 Å². The second-order valence-corrected chi connectivity index (χ2v) is 10.9. The van der Waals surface area contributed by atoms with Crippen molar-refractivity contribution in [3.63, 3.8) is 0 Å². The average Bonchev–Trinajstić information content (AvgIpc) is 2.89. The van der Waals surface area contributed by atoms with Crippen LogP contribution in [0.4, 0.5) is 13.2 Å². The van der Waals surface area contributed by atoms with Crippen molar-refractivity contribution in [2.45, 2.75) is 61.8 Å². The maximum absolute atomic E-state index is 12.5. The summed E-state index contributed by atoms with van der Waals surface area (Å²) in [6.45, 7) is 2.99. The van der Waals surface area contributed by atoms with Crippen LogP contribution in [-0.4, -0.2) is 18.4 Å². The molecule has 37 heavy (non-hydrogen) atoms. The molecule has 0 bridgehead atoms. The van der Waals surface area contributed by atoms with Crippen LogP contribution >= 0.6 is 11.8 Å². The molecule has 0 radical (unpaired) electrons. The van der Waals surface area contributed by atoms with E-state index in [1.54, 1.807) is 23.9 Å². The SMILES string of the molecule is CCCCCC1COC2c3ccc(-c4ccc(OC(F)(F)F)cc4)cc3OC(Sc3ccccc3)C2C1. The van der Waals surface area contributed by atoms with Gasteiger partial charge in [0.05, 0.1) is 12.7 Å². The third kappa shape index (κ3) is 6.44. The topological polar surface area (TPSA) is 27.7 Å². The third-order valence-corrected chi connectivity index (χ3v) is 8.27. The third-order valence-electron chi connectivity index (χ3n) is 7.05. The highest BCUT2D eigenvalue weighted by Gasteiger charge is 2.43. The molecular weight excluding hydrogens is 497 g/mol. The van der Waals surface area contributed by atoms with Gasteiger partial charge in [-0.2, -0.15) is 0 Å². The molecule has 0 aliphatic carbocycles. The van der Waals surface area contributed by atoms with E-state index in [2.05, 4.69) is 23.8 Å². The van der Waals surface area contributed by atoms with Gasteiger partial charge in [0, 0.05) is 16.4 Å². The summed E-state index contributed by atoms with van der Waals surface area (Å²) in [5.41, 5.74) is 2.61. The van der Waals surface area contributed by atoms with E-state index < -0.39 is 6.36 Å². The van der Waals surface area contributed by atoms with Crippen molar-refractivity contribution in [3.05, 3.63) is 78.4 Å². The summed E-state index contributed by atoms with van der Waals surface area (Å²) in [7, 11) is 0. The highest BCUT2D eigenvalue weighted by molar-refractivity contribution is 7.99. The fraction of sp³-hybridized carbons (Fsp3) is 0.400. The van der Waals surface area contributed by atoms with E-state index in [0.29, 0.717) is 5.92 Å². The zero-order valence-electron chi connectivity index (χ0n) is 20.7. The molecule has 7 heteroatoms. The zero-order chi connectivity index (χ0) is 25.8. The van der Waals surface area contributed by atoms with Crippen LogP contribution in [0.2, 0.25) is 0 Å². The number of thioether (sulfide) groups is 1. The maximum Gasteiger partial charge on any atom is 0.573 e. The summed E-state index contributed by atoms with van der Waals surface area (Å²) in [6, 6.07) is 22.2. The molecule has 4 unspecified atom stereocenters. The van der Waals surface area contributed by atoms with E-state index in [4.69, 9.17) is 9.47 Å². The first-order valence-corrected chi connectivity index (χ1v) is 13.8. The van der Waals surface area contributed by atoms with Crippen LogP contribution < -0.4 is 9.47 Å². The Kier molecular flexibility index (Phi) is 8.01. The van der Waals surface area contributed by atoms with E-state index in [0.717, 1.165) is 40.4 Å². The number of alkyl halides is 3. The molecule has 2 heterocycles. The minimum atomic E-state index is -4.71. The van der Waals surface area contributed by atoms with E-state index in [1.165, 1.54) is 37.8 Å². The Hall–Kier alpha value is -2.64. The van der Waals surface area contributed by atoms with Crippen molar-refractivity contribution >= 4 is 11.8 Å². The molecule has 1 fully saturated rings. The first-order valence-electron chi connectivity index (χ1n) is 12.9. The van der Waals surface area contributed by atoms with Gasteiger partial charge in [0.2, 0.25) is 0 Å². The summed E-state index contributed by atoms with van der Waals surface area (Å²) in [6.07, 6.45) is 1.19. The van der Waals surface area contributed by atoms with Crippen LogP contribution in [0.15, 0.2) is 77.7 Å². The minimum Gasteiger partial charge on any atom is -0.479 e. The lowest BCUT2D eigenvalue weighted by Crippen LogP contribution is -2.40. The Morgan fingerprint density at radius 3 is 2.43 bits per heavy atom. The van der Waals surface area contributed by atoms with Crippen LogP contribution in [0.25, 0.3) is 11.1 Å². The number of hydrogen-bond acceptors (Lipinski definition) is 4. The Morgan fingerprint density at radius 1 is 0.946 bits per heavy atom. The molecule has 0 saturated carbocycles. The highest BCUT2D eigenvalue weighted by Crippen LogP contribution is 2.51. The van der Waals surface area contributed by atoms with E-state index >= 15 is 0 Å². The standard InChI is InChI=1S/C30H31F3O3S/c1-2-3-5-8-20-17-26-28(34-19-20)25-16-13-22(21-11-14-23(15-12-21)36-30(31,32)33)18-27(25)35-29(26)37-24-9-6-4-7-10-24/h4,6-7,9-16,18,20,26,28-29H,2-3,5,8,17,19H2,1H3. The van der Waals surface area contributed by atoms with Crippen molar-refractivity contribution < 1.29 is 27.4 Å². The van der Waals surface area contributed by atoms with E-state index in [1.807, 2.05) is 36.4 Å². The lowest BCUT2D eigenvalue weighted by Gasteiger charge is -2.44. The van der Waals surface area contributed by atoms with Gasteiger partial charge in [0.1, 0.15) is 11.5 Å². The van der Waals surface area contributed by atoms with Gasteiger partial charge in [0.15, 0.2) is 5.44 Å². The van der Waals surface area contributed by atoms with Crippen molar-refractivity contribution in [1.82, 2.24) is 0 Å². The average molecular weight is 529 g/mol. The number of unbranched alkanes of at least 4 members (excludes halogenated alkanes) is 2. The highest BCUT2D eigenvalue weighted by atomic mass is 32.2. The van der Waals surface area contributed by atoms with E-state index in [9.17, 15) is 13.2 Å².